The Morgan fingerprint density at radius 2 is 0.411 bits per heavy atom. The standard InChI is InChI=1S/C70H50N12O8/c1-5-43-16-9-22-51(30-43)75-67(87)79-59-35-49(36-60(41-59)80-68(88)76-52-23-10-17-44(6-2)31-52)65(85)73-57-28-14-26-55(39-57)71-63(83)47-20-13-21-48(34-47)64(84)72-56-27-15-29-58(40-56)74-66(86)50-37-61(81-69(89)77-53-24-11-18-45(7-3)32-53)42-62(38-50)82-70(90)78-54-25-12-19-46(8-4)33-54/h1-4,9-42H,(H,71,83)(H,72,84)(H,73,85)(H,74,86)(H2,75,79,87)(H2,76,80,88)(H2,77,81,89)(H2,78,82,90). The summed E-state index contributed by atoms with van der Waals surface area (Å²) in [5.41, 5.74) is 5.64. The minimum Gasteiger partial charge on any atom is -0.322 e. The normalized spacial score (nSPS) is 10.1. The first-order chi connectivity index (χ1) is 43.5. The summed E-state index contributed by atoms with van der Waals surface area (Å²) in [5, 5.41) is 32.6. The summed E-state index contributed by atoms with van der Waals surface area (Å²) in [6, 6.07) is 50.7. The highest BCUT2D eigenvalue weighted by Crippen LogP contribution is 2.27. The van der Waals surface area contributed by atoms with E-state index >= 15 is 0 Å². The molecule has 12 amide bonds. The van der Waals surface area contributed by atoms with E-state index < -0.39 is 47.8 Å². The summed E-state index contributed by atoms with van der Waals surface area (Å²) >= 11 is 0. The van der Waals surface area contributed by atoms with Crippen LogP contribution in [0.25, 0.3) is 0 Å². The van der Waals surface area contributed by atoms with Crippen LogP contribution in [0.3, 0.4) is 0 Å². The second-order valence-electron chi connectivity index (χ2n) is 19.4. The van der Waals surface area contributed by atoms with Gasteiger partial charge in [0.05, 0.1) is 0 Å². The van der Waals surface area contributed by atoms with Gasteiger partial charge in [-0.15, -0.1) is 25.7 Å². The fourth-order valence-electron chi connectivity index (χ4n) is 8.69. The molecule has 9 aromatic rings. The van der Waals surface area contributed by atoms with E-state index in [9.17, 15) is 38.4 Å². The van der Waals surface area contributed by atoms with Gasteiger partial charge in [0.1, 0.15) is 0 Å². The van der Waals surface area contributed by atoms with Crippen LogP contribution in [0.2, 0.25) is 0 Å². The molecule has 20 heteroatoms. The summed E-state index contributed by atoms with van der Waals surface area (Å²) in [6.07, 6.45) is 22.1. The molecule has 90 heavy (non-hydrogen) atoms. The molecule has 0 bridgehead atoms. The molecule has 0 aliphatic heterocycles. The number of terminal acetylenes is 4. The van der Waals surface area contributed by atoms with Crippen molar-refractivity contribution in [2.45, 2.75) is 0 Å². The molecule has 0 aromatic heterocycles. The fraction of sp³-hybridized carbons (Fsp3) is 0. The van der Waals surface area contributed by atoms with E-state index in [2.05, 4.69) is 87.5 Å². The highest BCUT2D eigenvalue weighted by Gasteiger charge is 2.18. The van der Waals surface area contributed by atoms with E-state index in [1.54, 1.807) is 133 Å². The maximum absolute atomic E-state index is 13.9. The lowest BCUT2D eigenvalue weighted by atomic mass is 10.1. The zero-order valence-corrected chi connectivity index (χ0v) is 47.2. The minimum absolute atomic E-state index is 0.0208. The lowest BCUT2D eigenvalue weighted by molar-refractivity contribution is 0.101. The van der Waals surface area contributed by atoms with E-state index in [0.29, 0.717) is 45.0 Å². The third-order valence-corrected chi connectivity index (χ3v) is 12.7. The molecule has 9 aromatic carbocycles. The molecule has 0 atom stereocenters. The minimum atomic E-state index is -0.670. The van der Waals surface area contributed by atoms with Crippen LogP contribution < -0.4 is 63.8 Å². The first kappa shape index (κ1) is 60.8. The molecule has 0 saturated heterocycles. The number of carbonyl (C=O) groups is 8. The van der Waals surface area contributed by atoms with Gasteiger partial charge in [0.15, 0.2) is 0 Å². The van der Waals surface area contributed by atoms with Gasteiger partial charge in [-0.2, -0.15) is 0 Å². The topological polar surface area (TPSA) is 281 Å². The summed E-state index contributed by atoms with van der Waals surface area (Å²) in [4.78, 5) is 108. The number of amides is 12. The number of carbonyl (C=O) groups excluding carboxylic acids is 8. The van der Waals surface area contributed by atoms with Crippen LogP contribution in [0.5, 0.6) is 0 Å². The molecule has 0 heterocycles. The van der Waals surface area contributed by atoms with Crippen LogP contribution in [0.1, 0.15) is 63.7 Å². The Balaban J connectivity index is 0.845. The molecule has 9 rings (SSSR count). The summed E-state index contributed by atoms with van der Waals surface area (Å²) < 4.78 is 0. The van der Waals surface area contributed by atoms with Gasteiger partial charge in [-0.3, -0.25) is 19.2 Å². The average molecular weight is 1190 g/mol. The van der Waals surface area contributed by atoms with Crippen LogP contribution in [-0.2, 0) is 0 Å². The molecule has 0 radical (unpaired) electrons. The maximum Gasteiger partial charge on any atom is 0.323 e. The molecular formula is C70H50N12O8. The SMILES string of the molecule is C#Cc1cccc(NC(=O)Nc2cc(NC(=O)Nc3cccc(C#C)c3)cc(C(=O)Nc3cccc(NC(=O)c4cccc(C(=O)Nc5cccc(NC(=O)c6cc(NC(=O)Nc7cccc(C#C)c7)cc(NC(=O)Nc7cccc(C#C)c7)c6)c5)c4)c3)c2)c1. The van der Waals surface area contributed by atoms with Gasteiger partial charge in [0, 0.05) is 113 Å². The van der Waals surface area contributed by atoms with Gasteiger partial charge in [0.25, 0.3) is 23.6 Å². The predicted octanol–water partition coefficient (Wildman–Crippen LogP) is 13.2. The van der Waals surface area contributed by atoms with Crippen molar-refractivity contribution in [2.24, 2.45) is 0 Å². The molecule has 0 unspecified atom stereocenters. The fourth-order valence-corrected chi connectivity index (χ4v) is 8.69. The van der Waals surface area contributed by atoms with Crippen LogP contribution in [0.15, 0.2) is 206 Å². The van der Waals surface area contributed by atoms with Crippen molar-refractivity contribution in [1.82, 2.24) is 0 Å². The molecule has 20 nitrogen and oxygen atoms in total. The summed E-state index contributed by atoms with van der Waals surface area (Å²) in [7, 11) is 0. The Labute approximate surface area is 516 Å². The van der Waals surface area contributed by atoms with Gasteiger partial charge in [-0.1, -0.05) is 66.1 Å². The van der Waals surface area contributed by atoms with Crippen molar-refractivity contribution in [3.8, 4) is 49.4 Å². The summed E-state index contributed by atoms with van der Waals surface area (Å²) in [5.74, 6) is 7.53. The monoisotopic (exact) mass is 1190 g/mol. The van der Waals surface area contributed by atoms with Gasteiger partial charge in [-0.05, 0) is 164 Å². The third-order valence-electron chi connectivity index (χ3n) is 12.7. The molecule has 0 spiro atoms. The molecule has 0 saturated carbocycles. The predicted molar refractivity (Wildman–Crippen MR) is 352 cm³/mol. The van der Waals surface area contributed by atoms with Crippen LogP contribution in [-0.4, -0.2) is 47.8 Å². The van der Waals surface area contributed by atoms with Crippen molar-refractivity contribution < 1.29 is 38.4 Å². The van der Waals surface area contributed by atoms with Crippen molar-refractivity contribution in [2.75, 3.05) is 63.8 Å². The molecule has 438 valence electrons. The molecular weight excluding hydrogens is 1140 g/mol. The van der Waals surface area contributed by atoms with Crippen LogP contribution in [0.4, 0.5) is 87.4 Å². The highest BCUT2D eigenvalue weighted by atomic mass is 16.2. The quantitative estimate of drug-likeness (QED) is 0.0412. The second-order valence-corrected chi connectivity index (χ2v) is 19.4. The zero-order chi connectivity index (χ0) is 63.5. The first-order valence-electron chi connectivity index (χ1n) is 27.0. The number of hydrogen-bond donors (Lipinski definition) is 12. The van der Waals surface area contributed by atoms with E-state index in [0.717, 1.165) is 0 Å². The smallest absolute Gasteiger partial charge is 0.322 e. The van der Waals surface area contributed by atoms with E-state index in [-0.39, 0.29) is 67.8 Å². The second kappa shape index (κ2) is 28.6. The van der Waals surface area contributed by atoms with Crippen LogP contribution in [0, 0.1) is 49.4 Å². The third kappa shape index (κ3) is 17.2. The first-order valence-corrected chi connectivity index (χ1v) is 27.0. The zero-order valence-electron chi connectivity index (χ0n) is 47.2. The lowest BCUT2D eigenvalue weighted by Gasteiger charge is -2.14. The van der Waals surface area contributed by atoms with Crippen LogP contribution >= 0.6 is 0 Å². The van der Waals surface area contributed by atoms with E-state index in [1.165, 1.54) is 72.8 Å². The lowest BCUT2D eigenvalue weighted by Crippen LogP contribution is -2.22. The number of nitrogens with one attached hydrogen (secondary N) is 12. The Bertz CT molecular complexity index is 4070. The number of rotatable bonds is 16. The molecule has 12 N–H and O–H groups in total. The van der Waals surface area contributed by atoms with Crippen molar-refractivity contribution >= 4 is 116 Å². The van der Waals surface area contributed by atoms with E-state index in [4.69, 9.17) is 25.7 Å². The maximum atomic E-state index is 13.9. The van der Waals surface area contributed by atoms with Gasteiger partial charge in [0.2, 0.25) is 0 Å². The number of urea groups is 4. The number of benzene rings is 9. The number of hydrogen-bond acceptors (Lipinski definition) is 8. The van der Waals surface area contributed by atoms with Crippen molar-refractivity contribution in [3.05, 3.63) is 251 Å². The molecule has 0 fully saturated rings. The largest absolute Gasteiger partial charge is 0.323 e. The van der Waals surface area contributed by atoms with Crippen molar-refractivity contribution in [3.63, 3.8) is 0 Å². The summed E-state index contributed by atoms with van der Waals surface area (Å²) in [6.45, 7) is 0. The Morgan fingerprint density at radius 3 is 0.667 bits per heavy atom. The average Bonchev–Trinajstić information content (AvgIpc) is 2.39. The Morgan fingerprint density at radius 1 is 0.211 bits per heavy atom. The molecule has 0 aliphatic carbocycles. The highest BCUT2D eigenvalue weighted by molar-refractivity contribution is 6.12. The Kier molecular flexibility index (Phi) is 19.3. The number of anilines is 12. The van der Waals surface area contributed by atoms with E-state index in [1.807, 2.05) is 0 Å². The van der Waals surface area contributed by atoms with Gasteiger partial charge in [-0.25, -0.2) is 19.2 Å². The van der Waals surface area contributed by atoms with Gasteiger partial charge >= 0.3 is 24.1 Å². The van der Waals surface area contributed by atoms with Gasteiger partial charge < -0.3 is 63.8 Å². The van der Waals surface area contributed by atoms with Crippen molar-refractivity contribution in [1.29, 1.82) is 0 Å². The Hall–Kier alpha value is -13.8. The molecule has 0 aliphatic rings.